The normalized spacial score (nSPS) is 11.5. The summed E-state index contributed by atoms with van der Waals surface area (Å²) in [5.74, 6) is -3.02. The van der Waals surface area contributed by atoms with Gasteiger partial charge in [-0.15, -0.1) is 0 Å². The van der Waals surface area contributed by atoms with Crippen molar-refractivity contribution < 1.29 is 27.0 Å². The van der Waals surface area contributed by atoms with Crippen molar-refractivity contribution in [2.45, 2.75) is 45.6 Å². The van der Waals surface area contributed by atoms with Crippen molar-refractivity contribution in [3.63, 3.8) is 0 Å². The highest BCUT2D eigenvalue weighted by atomic mass is 19.3. The summed E-state index contributed by atoms with van der Waals surface area (Å²) < 4.78 is 64.2. The molecule has 142 valence electrons. The summed E-state index contributed by atoms with van der Waals surface area (Å²) >= 11 is 0. The van der Waals surface area contributed by atoms with Crippen molar-refractivity contribution in [3.05, 3.63) is 59.2 Å². The minimum absolute atomic E-state index is 0.0200. The highest BCUT2D eigenvalue weighted by molar-refractivity contribution is 5.30. The predicted molar refractivity (Wildman–Crippen MR) is 91.8 cm³/mol. The highest BCUT2D eigenvalue weighted by Crippen LogP contribution is 2.26. The van der Waals surface area contributed by atoms with Crippen LogP contribution < -0.4 is 9.47 Å². The van der Waals surface area contributed by atoms with Crippen LogP contribution in [0.5, 0.6) is 11.5 Å². The Bertz CT molecular complexity index is 714. The maximum Gasteiger partial charge on any atom is 0.432 e. The molecule has 0 spiro atoms. The fraction of sp³-hybridized carbons (Fsp3) is 0.400. The lowest BCUT2D eigenvalue weighted by Gasteiger charge is -2.19. The molecule has 2 nitrogen and oxygen atoms in total. The Morgan fingerprint density at radius 3 is 2.27 bits per heavy atom. The Balaban J connectivity index is 1.93. The molecule has 0 bridgehead atoms. The van der Waals surface area contributed by atoms with Gasteiger partial charge in [0.2, 0.25) is 5.82 Å². The van der Waals surface area contributed by atoms with Crippen LogP contribution in [-0.2, 0) is 6.42 Å². The minimum atomic E-state index is -3.68. The van der Waals surface area contributed by atoms with Crippen molar-refractivity contribution in [1.29, 1.82) is 0 Å². The van der Waals surface area contributed by atoms with Gasteiger partial charge in [0.05, 0.1) is 0 Å². The molecule has 0 radical (unpaired) electrons. The molecule has 2 aromatic carbocycles. The quantitative estimate of drug-likeness (QED) is 0.395. The third kappa shape index (κ3) is 5.64. The first-order valence-electron chi connectivity index (χ1n) is 8.55. The molecule has 0 saturated heterocycles. The minimum Gasteiger partial charge on any atom is -0.480 e. The maximum atomic E-state index is 13.9. The van der Waals surface area contributed by atoms with E-state index in [0.717, 1.165) is 37.3 Å². The first-order valence-corrected chi connectivity index (χ1v) is 8.55. The Morgan fingerprint density at radius 2 is 1.62 bits per heavy atom. The third-order valence-electron chi connectivity index (χ3n) is 3.90. The summed E-state index contributed by atoms with van der Waals surface area (Å²) in [5, 5.41) is 0. The van der Waals surface area contributed by atoms with Gasteiger partial charge in [-0.25, -0.2) is 4.39 Å². The van der Waals surface area contributed by atoms with Crippen molar-refractivity contribution >= 4 is 0 Å². The molecule has 0 atom stereocenters. The number of halogens is 4. The summed E-state index contributed by atoms with van der Waals surface area (Å²) in [7, 11) is 0. The zero-order chi connectivity index (χ0) is 19.2. The van der Waals surface area contributed by atoms with E-state index in [-0.39, 0.29) is 11.3 Å². The number of hydrogen-bond acceptors (Lipinski definition) is 2. The number of rotatable bonds is 9. The average molecular weight is 370 g/mol. The number of alkyl halides is 2. The number of ether oxygens (including phenoxy) is 2. The number of aryl methyl sites for hydroxylation is 2. The van der Waals surface area contributed by atoms with Gasteiger partial charge in [0.1, 0.15) is 5.75 Å². The van der Waals surface area contributed by atoms with Gasteiger partial charge in [0, 0.05) is 0 Å². The molecule has 0 heterocycles. The average Bonchev–Trinajstić information content (AvgIpc) is 2.60. The van der Waals surface area contributed by atoms with Gasteiger partial charge < -0.3 is 9.47 Å². The van der Waals surface area contributed by atoms with Crippen molar-refractivity contribution in [2.75, 3.05) is 6.61 Å². The molecule has 0 aromatic heterocycles. The monoisotopic (exact) mass is 370 g/mol. The van der Waals surface area contributed by atoms with Gasteiger partial charge in [-0.2, -0.15) is 13.2 Å². The molecular formula is C20H22F4O2. The number of unbranched alkanes of at least 4 members (excludes halogenated alkanes) is 2. The van der Waals surface area contributed by atoms with Crippen molar-refractivity contribution in [2.24, 2.45) is 0 Å². The first-order chi connectivity index (χ1) is 12.3. The lowest BCUT2D eigenvalue weighted by Crippen LogP contribution is -2.32. The molecular weight excluding hydrogens is 348 g/mol. The van der Waals surface area contributed by atoms with E-state index in [4.69, 9.17) is 4.74 Å². The van der Waals surface area contributed by atoms with Gasteiger partial charge in [0.15, 0.2) is 18.2 Å². The van der Waals surface area contributed by atoms with E-state index in [1.807, 2.05) is 0 Å². The van der Waals surface area contributed by atoms with E-state index < -0.39 is 30.1 Å². The van der Waals surface area contributed by atoms with E-state index in [9.17, 15) is 17.6 Å². The molecule has 0 aliphatic rings. The van der Waals surface area contributed by atoms with Crippen LogP contribution in [0.4, 0.5) is 17.6 Å². The smallest absolute Gasteiger partial charge is 0.432 e. The van der Waals surface area contributed by atoms with Crippen molar-refractivity contribution in [1.82, 2.24) is 0 Å². The van der Waals surface area contributed by atoms with Crippen LogP contribution in [0.25, 0.3) is 0 Å². The van der Waals surface area contributed by atoms with Gasteiger partial charge in [-0.3, -0.25) is 0 Å². The fourth-order valence-electron chi connectivity index (χ4n) is 2.41. The van der Waals surface area contributed by atoms with Crippen LogP contribution >= 0.6 is 0 Å². The van der Waals surface area contributed by atoms with E-state index in [1.165, 1.54) is 25.1 Å². The van der Waals surface area contributed by atoms with Crippen LogP contribution in [0.2, 0.25) is 0 Å². The van der Waals surface area contributed by atoms with Crippen molar-refractivity contribution in [3.8, 4) is 11.5 Å². The maximum absolute atomic E-state index is 13.9. The summed E-state index contributed by atoms with van der Waals surface area (Å²) in [5.41, 5.74) is 1.11. The summed E-state index contributed by atoms with van der Waals surface area (Å²) in [6.07, 6.45) is 0.464. The van der Waals surface area contributed by atoms with E-state index in [1.54, 1.807) is 12.1 Å². The third-order valence-corrected chi connectivity index (χ3v) is 3.90. The van der Waals surface area contributed by atoms with Gasteiger partial charge in [0.25, 0.3) is 0 Å². The second-order valence-corrected chi connectivity index (χ2v) is 6.14. The Morgan fingerprint density at radius 1 is 0.923 bits per heavy atom. The van der Waals surface area contributed by atoms with E-state index >= 15 is 0 Å². The molecule has 2 rings (SSSR count). The molecule has 0 saturated carbocycles. The van der Waals surface area contributed by atoms with Crippen LogP contribution in [-0.4, -0.2) is 12.7 Å². The second-order valence-electron chi connectivity index (χ2n) is 6.14. The van der Waals surface area contributed by atoms with Crippen LogP contribution in [0.15, 0.2) is 36.4 Å². The lowest BCUT2D eigenvalue weighted by atomic mass is 10.1. The summed E-state index contributed by atoms with van der Waals surface area (Å²) in [6, 6.07) is 8.75. The Labute approximate surface area is 150 Å². The number of benzene rings is 2. The largest absolute Gasteiger partial charge is 0.480 e. The molecule has 2 aromatic rings. The van der Waals surface area contributed by atoms with E-state index in [2.05, 4.69) is 11.7 Å². The van der Waals surface area contributed by atoms with Gasteiger partial charge >= 0.3 is 6.11 Å². The van der Waals surface area contributed by atoms with Crippen LogP contribution in [0.3, 0.4) is 0 Å². The Kier molecular flexibility index (Phi) is 6.89. The van der Waals surface area contributed by atoms with Crippen LogP contribution in [0.1, 0.15) is 37.3 Å². The molecule has 0 aliphatic carbocycles. The summed E-state index contributed by atoms with van der Waals surface area (Å²) in [4.78, 5) is 0. The van der Waals surface area contributed by atoms with Gasteiger partial charge in [-0.05, 0) is 49.1 Å². The molecule has 0 unspecified atom stereocenters. The zero-order valence-corrected chi connectivity index (χ0v) is 14.8. The Hall–Kier alpha value is -2.24. The standard InChI is InChI=1S/C20H22F4O2/c1-3-4-5-6-15-8-10-16(11-9-15)26-20(23,24)13-25-17-12-7-14(2)18(21)19(17)22/h7-12H,3-6,13H2,1-2H3. The molecule has 26 heavy (non-hydrogen) atoms. The first kappa shape index (κ1) is 20.1. The predicted octanol–water partition coefficient (Wildman–Crippen LogP) is 6.06. The second kappa shape index (κ2) is 8.92. The van der Waals surface area contributed by atoms with Gasteiger partial charge in [-0.1, -0.05) is 38.0 Å². The molecule has 0 N–H and O–H groups in total. The molecule has 0 amide bonds. The molecule has 6 heteroatoms. The highest BCUT2D eigenvalue weighted by Gasteiger charge is 2.33. The summed E-state index contributed by atoms with van der Waals surface area (Å²) in [6.45, 7) is 2.24. The zero-order valence-electron chi connectivity index (χ0n) is 14.8. The topological polar surface area (TPSA) is 18.5 Å². The molecule has 0 aliphatic heterocycles. The van der Waals surface area contributed by atoms with Crippen LogP contribution in [0, 0.1) is 18.6 Å². The SMILES string of the molecule is CCCCCc1ccc(OC(F)(F)COc2ccc(C)c(F)c2F)cc1. The lowest BCUT2D eigenvalue weighted by molar-refractivity contribution is -0.195. The fourth-order valence-corrected chi connectivity index (χ4v) is 2.41. The van der Waals surface area contributed by atoms with E-state index in [0.29, 0.717) is 0 Å². The number of hydrogen-bond donors (Lipinski definition) is 0. The molecule has 0 fully saturated rings.